The molecule has 104 valence electrons. The zero-order chi connectivity index (χ0) is 13.8. The summed E-state index contributed by atoms with van der Waals surface area (Å²) in [5.74, 6) is -0.0486. The Bertz CT molecular complexity index is 485. The lowest BCUT2D eigenvalue weighted by Crippen LogP contribution is -2.48. The van der Waals surface area contributed by atoms with E-state index in [4.69, 9.17) is 5.73 Å². The van der Waals surface area contributed by atoms with Crippen molar-refractivity contribution in [1.29, 1.82) is 0 Å². The largest absolute Gasteiger partial charge is 0.398 e. The van der Waals surface area contributed by atoms with Crippen LogP contribution in [-0.2, 0) is 15.6 Å². The van der Waals surface area contributed by atoms with Crippen LogP contribution in [0.1, 0.15) is 0 Å². The first-order chi connectivity index (χ1) is 9.08. The Labute approximate surface area is 115 Å². The normalized spacial score (nSPS) is 18.3. The molecule has 1 aromatic carbocycles. The Morgan fingerprint density at radius 1 is 1.26 bits per heavy atom. The van der Waals surface area contributed by atoms with Gasteiger partial charge in [-0.25, -0.2) is 0 Å². The molecule has 0 bridgehead atoms. The summed E-state index contributed by atoms with van der Waals surface area (Å²) in [4.78, 5) is 16.6. The fraction of sp³-hybridized carbons (Fsp3) is 0.462. The molecule has 1 heterocycles. The number of benzene rings is 1. The highest BCUT2D eigenvalue weighted by Gasteiger charge is 2.21. The molecule has 1 aromatic rings. The maximum Gasteiger partial charge on any atom is 0.235 e. The van der Waals surface area contributed by atoms with Crippen molar-refractivity contribution in [3.63, 3.8) is 0 Å². The number of hydrogen-bond donors (Lipinski definition) is 1. The summed E-state index contributed by atoms with van der Waals surface area (Å²) in [5.41, 5.74) is 6.25. The Hall–Kier alpha value is -1.40. The topological polar surface area (TPSA) is 66.6 Å². The third-order valence-electron chi connectivity index (χ3n) is 3.27. The predicted octanol–water partition coefficient (Wildman–Crippen LogP) is 0.150. The summed E-state index contributed by atoms with van der Waals surface area (Å²) in [5, 5.41) is 0. The molecule has 6 heteroatoms. The summed E-state index contributed by atoms with van der Waals surface area (Å²) in [6.45, 7) is 3.14. The number of amides is 1. The monoisotopic (exact) mass is 281 g/mol. The molecule has 1 unspecified atom stereocenters. The second kappa shape index (κ2) is 6.16. The van der Waals surface area contributed by atoms with E-state index >= 15 is 0 Å². The zero-order valence-electron chi connectivity index (χ0n) is 11.0. The van der Waals surface area contributed by atoms with Crippen LogP contribution in [-0.4, -0.2) is 58.9 Å². The van der Waals surface area contributed by atoms with Crippen molar-refractivity contribution in [1.82, 2.24) is 9.80 Å². The van der Waals surface area contributed by atoms with E-state index in [1.165, 1.54) is 0 Å². The highest BCUT2D eigenvalue weighted by Crippen LogP contribution is 2.16. The molecule has 1 atom stereocenters. The van der Waals surface area contributed by atoms with Gasteiger partial charge in [0, 0.05) is 31.9 Å². The van der Waals surface area contributed by atoms with Gasteiger partial charge in [0.05, 0.1) is 15.7 Å². The number of nitrogen functional groups attached to an aromatic ring is 1. The van der Waals surface area contributed by atoms with Gasteiger partial charge in [0.25, 0.3) is 0 Å². The summed E-state index contributed by atoms with van der Waals surface area (Å²) >= 11 is 0. The third kappa shape index (κ3) is 3.54. The summed E-state index contributed by atoms with van der Waals surface area (Å²) < 4.78 is 12.2. The molecule has 0 aromatic heterocycles. The maximum atomic E-state index is 12.2. The van der Waals surface area contributed by atoms with Gasteiger partial charge in [-0.15, -0.1) is 0 Å². The highest BCUT2D eigenvalue weighted by molar-refractivity contribution is 7.86. The molecule has 0 saturated carbocycles. The van der Waals surface area contributed by atoms with E-state index in [0.717, 1.165) is 13.1 Å². The van der Waals surface area contributed by atoms with Crippen LogP contribution in [0.15, 0.2) is 29.2 Å². The van der Waals surface area contributed by atoms with Crippen molar-refractivity contribution in [3.8, 4) is 0 Å². The molecule has 0 radical (unpaired) electrons. The number of piperazine rings is 1. The molecule has 0 spiro atoms. The number of hydrogen-bond acceptors (Lipinski definition) is 4. The number of carbonyl (C=O) groups is 1. The number of para-hydroxylation sites is 1. The van der Waals surface area contributed by atoms with Gasteiger partial charge in [0.1, 0.15) is 5.75 Å². The standard InChI is InChI=1S/C13H19N3O2S/c1-15-6-8-16(9-7-15)13(17)10-19(18)12-5-3-2-4-11(12)14/h2-5H,6-10,14H2,1H3. The Morgan fingerprint density at radius 3 is 2.53 bits per heavy atom. The number of carbonyl (C=O) groups excluding carboxylic acids is 1. The van der Waals surface area contributed by atoms with E-state index in [9.17, 15) is 9.00 Å². The first-order valence-electron chi connectivity index (χ1n) is 6.27. The minimum atomic E-state index is -1.37. The molecule has 1 aliphatic heterocycles. The molecule has 1 amide bonds. The van der Waals surface area contributed by atoms with Gasteiger partial charge in [0.15, 0.2) is 0 Å². The van der Waals surface area contributed by atoms with E-state index in [0.29, 0.717) is 23.7 Å². The SMILES string of the molecule is CN1CCN(C(=O)CS(=O)c2ccccc2N)CC1. The fourth-order valence-corrected chi connectivity index (χ4v) is 3.15. The van der Waals surface area contributed by atoms with Gasteiger partial charge in [-0.3, -0.25) is 9.00 Å². The van der Waals surface area contributed by atoms with Gasteiger partial charge in [-0.05, 0) is 19.2 Å². The van der Waals surface area contributed by atoms with E-state index in [-0.39, 0.29) is 11.7 Å². The van der Waals surface area contributed by atoms with Gasteiger partial charge >= 0.3 is 0 Å². The lowest BCUT2D eigenvalue weighted by atomic mass is 10.3. The Kier molecular flexibility index (Phi) is 4.55. The fourth-order valence-electron chi connectivity index (χ4n) is 2.02. The molecular weight excluding hydrogens is 262 g/mol. The third-order valence-corrected chi connectivity index (χ3v) is 4.65. The molecule has 2 rings (SSSR count). The lowest BCUT2D eigenvalue weighted by molar-refractivity contribution is -0.129. The van der Waals surface area contributed by atoms with Gasteiger partial charge in [-0.2, -0.15) is 0 Å². The number of nitrogens with two attached hydrogens (primary N) is 1. The number of nitrogens with zero attached hydrogens (tertiary/aromatic N) is 2. The van der Waals surface area contributed by atoms with Crippen LogP contribution in [0.3, 0.4) is 0 Å². The van der Waals surface area contributed by atoms with Crippen LogP contribution in [0.5, 0.6) is 0 Å². The number of likely N-dealkylation sites (N-methyl/N-ethyl adjacent to an activating group) is 1. The Balaban J connectivity index is 1.96. The van der Waals surface area contributed by atoms with Crippen molar-refractivity contribution in [3.05, 3.63) is 24.3 Å². The van der Waals surface area contributed by atoms with Gasteiger partial charge in [0.2, 0.25) is 5.91 Å². The maximum absolute atomic E-state index is 12.2. The molecule has 5 nitrogen and oxygen atoms in total. The van der Waals surface area contributed by atoms with E-state index in [1.807, 2.05) is 7.05 Å². The van der Waals surface area contributed by atoms with Crippen LogP contribution in [0, 0.1) is 0 Å². The van der Waals surface area contributed by atoms with Crippen molar-refractivity contribution >= 4 is 22.4 Å². The van der Waals surface area contributed by atoms with Gasteiger partial charge < -0.3 is 15.5 Å². The van der Waals surface area contributed by atoms with E-state index in [1.54, 1.807) is 29.2 Å². The summed E-state index contributed by atoms with van der Waals surface area (Å²) in [6.07, 6.45) is 0. The number of anilines is 1. The van der Waals surface area contributed by atoms with Crippen molar-refractivity contribution in [2.45, 2.75) is 4.90 Å². The Morgan fingerprint density at radius 2 is 1.89 bits per heavy atom. The minimum absolute atomic E-state index is 0.0118. The first kappa shape index (κ1) is 14.0. The average Bonchev–Trinajstić information content (AvgIpc) is 2.39. The quantitative estimate of drug-likeness (QED) is 0.801. The van der Waals surface area contributed by atoms with E-state index in [2.05, 4.69) is 4.90 Å². The van der Waals surface area contributed by atoms with Crippen LogP contribution in [0.25, 0.3) is 0 Å². The molecular formula is C13H19N3O2S. The molecule has 1 aliphatic rings. The van der Waals surface area contributed by atoms with Crippen LogP contribution >= 0.6 is 0 Å². The highest BCUT2D eigenvalue weighted by atomic mass is 32.2. The average molecular weight is 281 g/mol. The summed E-state index contributed by atoms with van der Waals surface area (Å²) in [6, 6.07) is 6.98. The van der Waals surface area contributed by atoms with Crippen LogP contribution in [0.4, 0.5) is 5.69 Å². The van der Waals surface area contributed by atoms with E-state index < -0.39 is 10.8 Å². The molecule has 1 saturated heterocycles. The molecule has 1 fully saturated rings. The molecule has 19 heavy (non-hydrogen) atoms. The second-order valence-corrected chi connectivity index (χ2v) is 6.13. The van der Waals surface area contributed by atoms with Crippen molar-refractivity contribution in [2.24, 2.45) is 0 Å². The van der Waals surface area contributed by atoms with Crippen molar-refractivity contribution in [2.75, 3.05) is 44.7 Å². The van der Waals surface area contributed by atoms with Crippen molar-refractivity contribution < 1.29 is 9.00 Å². The van der Waals surface area contributed by atoms with Gasteiger partial charge in [-0.1, -0.05) is 12.1 Å². The minimum Gasteiger partial charge on any atom is -0.398 e. The number of rotatable bonds is 3. The zero-order valence-corrected chi connectivity index (χ0v) is 11.9. The second-order valence-electron chi connectivity index (χ2n) is 4.71. The first-order valence-corrected chi connectivity index (χ1v) is 7.59. The summed E-state index contributed by atoms with van der Waals surface area (Å²) in [7, 11) is 0.667. The van der Waals surface area contributed by atoms with Crippen LogP contribution < -0.4 is 5.73 Å². The molecule has 0 aliphatic carbocycles. The predicted molar refractivity (Wildman–Crippen MR) is 76.2 cm³/mol. The molecule has 2 N–H and O–H groups in total. The van der Waals surface area contributed by atoms with Crippen LogP contribution in [0.2, 0.25) is 0 Å². The lowest BCUT2D eigenvalue weighted by Gasteiger charge is -2.32. The smallest absolute Gasteiger partial charge is 0.235 e.